The zero-order valence-corrected chi connectivity index (χ0v) is 17.0. The third-order valence-corrected chi connectivity index (χ3v) is 6.04. The summed E-state index contributed by atoms with van der Waals surface area (Å²) in [6.07, 6.45) is 3.00. The van der Waals surface area contributed by atoms with Crippen LogP contribution in [0.3, 0.4) is 0 Å². The number of thiophene rings is 1. The van der Waals surface area contributed by atoms with Crippen molar-refractivity contribution >= 4 is 17.3 Å². The molecule has 5 heteroatoms. The summed E-state index contributed by atoms with van der Waals surface area (Å²) in [6, 6.07) is 8.15. The lowest BCUT2D eigenvalue weighted by Crippen LogP contribution is -2.22. The second kappa shape index (κ2) is 8.80. The summed E-state index contributed by atoms with van der Waals surface area (Å²) in [5, 5.41) is 12.6. The van der Waals surface area contributed by atoms with E-state index in [4.69, 9.17) is 5.73 Å². The van der Waals surface area contributed by atoms with E-state index < -0.39 is 5.97 Å². The predicted molar refractivity (Wildman–Crippen MR) is 110 cm³/mol. The minimum absolute atomic E-state index is 0.197. The van der Waals surface area contributed by atoms with Gasteiger partial charge in [0.1, 0.15) is 0 Å². The molecule has 0 unspecified atom stereocenters. The lowest BCUT2D eigenvalue weighted by Gasteiger charge is -2.29. The highest BCUT2D eigenvalue weighted by atomic mass is 32.1. The minimum Gasteiger partial charge on any atom is -0.478 e. The molecule has 0 spiro atoms. The van der Waals surface area contributed by atoms with Gasteiger partial charge in [0, 0.05) is 22.8 Å². The van der Waals surface area contributed by atoms with Crippen LogP contribution >= 0.6 is 11.3 Å². The highest BCUT2D eigenvalue weighted by Gasteiger charge is 2.32. The van der Waals surface area contributed by atoms with Crippen molar-refractivity contribution in [1.82, 2.24) is 5.32 Å². The molecule has 0 fully saturated rings. The maximum Gasteiger partial charge on any atom is 0.337 e. The zero-order chi connectivity index (χ0) is 19.3. The molecule has 1 aromatic carbocycles. The Morgan fingerprint density at radius 3 is 2.46 bits per heavy atom. The van der Waals surface area contributed by atoms with E-state index in [0.29, 0.717) is 5.56 Å². The molecule has 4 N–H and O–H groups in total. The van der Waals surface area contributed by atoms with Gasteiger partial charge >= 0.3 is 5.97 Å². The summed E-state index contributed by atoms with van der Waals surface area (Å²) < 4.78 is 0. The van der Waals surface area contributed by atoms with Gasteiger partial charge in [-0.05, 0) is 49.8 Å². The van der Waals surface area contributed by atoms with E-state index in [9.17, 15) is 9.90 Å². The summed E-state index contributed by atoms with van der Waals surface area (Å²) in [5.41, 5.74) is 9.09. The summed E-state index contributed by atoms with van der Waals surface area (Å²) in [7, 11) is 1.88. The Morgan fingerprint density at radius 1 is 1.31 bits per heavy atom. The van der Waals surface area contributed by atoms with E-state index >= 15 is 0 Å². The van der Waals surface area contributed by atoms with Gasteiger partial charge in [-0.2, -0.15) is 0 Å². The molecule has 4 nitrogen and oxygen atoms in total. The van der Waals surface area contributed by atoms with Crippen LogP contribution in [-0.2, 0) is 12.8 Å². The molecular weight excluding hydrogens is 344 g/mol. The van der Waals surface area contributed by atoms with Crippen LogP contribution in [0.15, 0.2) is 24.3 Å². The minimum atomic E-state index is -0.791. The van der Waals surface area contributed by atoms with Crippen molar-refractivity contribution in [2.24, 2.45) is 11.1 Å². The van der Waals surface area contributed by atoms with Crippen molar-refractivity contribution in [1.29, 1.82) is 0 Å². The molecule has 26 heavy (non-hydrogen) atoms. The second-order valence-corrected chi connectivity index (χ2v) is 8.72. The highest BCUT2D eigenvalue weighted by molar-refractivity contribution is 7.16. The van der Waals surface area contributed by atoms with E-state index in [2.05, 4.69) is 19.2 Å². The smallest absolute Gasteiger partial charge is 0.337 e. The molecule has 0 aliphatic heterocycles. The van der Waals surface area contributed by atoms with Crippen molar-refractivity contribution in [3.63, 3.8) is 0 Å². The van der Waals surface area contributed by atoms with Crippen molar-refractivity contribution < 1.29 is 9.90 Å². The molecule has 0 bridgehead atoms. The SMILES string of the molecule is CNCCN.Cc1ccc(-c2sc3c(c2C(=O)O)CC(C)(C)CC3)cc1. The lowest BCUT2D eigenvalue weighted by atomic mass is 9.76. The van der Waals surface area contributed by atoms with Crippen LogP contribution in [0.2, 0.25) is 0 Å². The number of carboxylic acid groups (broad SMARTS) is 1. The highest BCUT2D eigenvalue weighted by Crippen LogP contribution is 2.45. The number of nitrogens with two attached hydrogens (primary N) is 1. The number of aromatic carboxylic acids is 1. The van der Waals surface area contributed by atoms with Crippen LogP contribution in [0.4, 0.5) is 0 Å². The number of hydrogen-bond donors (Lipinski definition) is 3. The Hall–Kier alpha value is -1.69. The lowest BCUT2D eigenvalue weighted by molar-refractivity contribution is 0.0696. The van der Waals surface area contributed by atoms with Gasteiger partial charge in [-0.25, -0.2) is 4.79 Å². The van der Waals surface area contributed by atoms with E-state index in [1.807, 2.05) is 38.2 Å². The average Bonchev–Trinajstić information content (AvgIpc) is 2.94. The first-order valence-electron chi connectivity index (χ1n) is 9.08. The van der Waals surface area contributed by atoms with Gasteiger partial charge in [-0.1, -0.05) is 43.7 Å². The van der Waals surface area contributed by atoms with Crippen LogP contribution in [0, 0.1) is 12.3 Å². The maximum absolute atomic E-state index is 11.8. The van der Waals surface area contributed by atoms with Crippen LogP contribution < -0.4 is 11.1 Å². The monoisotopic (exact) mass is 374 g/mol. The summed E-state index contributed by atoms with van der Waals surface area (Å²) in [6.45, 7) is 8.15. The third-order valence-electron chi connectivity index (χ3n) is 4.70. The van der Waals surface area contributed by atoms with Crippen LogP contribution in [0.25, 0.3) is 10.4 Å². The number of hydrogen-bond acceptors (Lipinski definition) is 4. The van der Waals surface area contributed by atoms with E-state index in [-0.39, 0.29) is 5.41 Å². The van der Waals surface area contributed by atoms with Crippen molar-refractivity contribution in [3.05, 3.63) is 45.8 Å². The van der Waals surface area contributed by atoms with Crippen molar-refractivity contribution in [2.75, 3.05) is 20.1 Å². The number of aryl methyl sites for hydroxylation is 2. The first-order chi connectivity index (χ1) is 12.3. The Kier molecular flexibility index (Phi) is 6.98. The Labute approximate surface area is 160 Å². The molecule has 0 amide bonds. The molecule has 0 atom stereocenters. The van der Waals surface area contributed by atoms with Gasteiger partial charge in [0.2, 0.25) is 0 Å². The largest absolute Gasteiger partial charge is 0.478 e. The Morgan fingerprint density at radius 2 is 1.96 bits per heavy atom. The number of benzene rings is 1. The maximum atomic E-state index is 11.8. The van der Waals surface area contributed by atoms with Crippen LogP contribution in [-0.4, -0.2) is 31.2 Å². The summed E-state index contributed by atoms with van der Waals surface area (Å²) >= 11 is 1.67. The zero-order valence-electron chi connectivity index (χ0n) is 16.2. The molecule has 1 aromatic heterocycles. The quantitative estimate of drug-likeness (QED) is 0.753. The standard InChI is InChI=1S/C18H20O2S.C3H10N2/c1-11-4-6-12(7-5-11)16-15(17(19)20)13-10-18(2,3)9-8-14(13)21-16;1-5-3-2-4/h4-7H,8-10H2,1-3H3,(H,19,20);5H,2-4H2,1H3. The molecule has 0 saturated carbocycles. The molecule has 1 heterocycles. The summed E-state index contributed by atoms with van der Waals surface area (Å²) in [4.78, 5) is 14.0. The fourth-order valence-electron chi connectivity index (χ4n) is 3.20. The number of carboxylic acids is 1. The number of likely N-dealkylation sites (N-methyl/N-ethyl adjacent to an activating group) is 1. The van der Waals surface area contributed by atoms with Crippen LogP contribution in [0.1, 0.15) is 46.6 Å². The molecule has 3 rings (SSSR count). The molecule has 1 aliphatic carbocycles. The molecule has 2 aromatic rings. The van der Waals surface area contributed by atoms with E-state index in [1.54, 1.807) is 11.3 Å². The van der Waals surface area contributed by atoms with Gasteiger partial charge in [0.15, 0.2) is 0 Å². The van der Waals surface area contributed by atoms with E-state index in [0.717, 1.165) is 48.4 Å². The Balaban J connectivity index is 0.000000431. The van der Waals surface area contributed by atoms with Gasteiger partial charge < -0.3 is 16.2 Å². The predicted octanol–water partition coefficient (Wildman–Crippen LogP) is 4.10. The number of carbonyl (C=O) groups is 1. The van der Waals surface area contributed by atoms with Crippen molar-refractivity contribution in [3.8, 4) is 10.4 Å². The molecule has 0 radical (unpaired) electrons. The summed E-state index contributed by atoms with van der Waals surface area (Å²) in [5.74, 6) is -0.791. The molecule has 0 saturated heterocycles. The normalized spacial score (nSPS) is 15.0. The fraction of sp³-hybridized carbons (Fsp3) is 0.476. The molecule has 142 valence electrons. The fourth-order valence-corrected chi connectivity index (χ4v) is 4.51. The van der Waals surface area contributed by atoms with Crippen LogP contribution in [0.5, 0.6) is 0 Å². The first kappa shape index (κ1) is 20.6. The molecule has 1 aliphatic rings. The topological polar surface area (TPSA) is 75.3 Å². The van der Waals surface area contributed by atoms with Gasteiger partial charge in [0.25, 0.3) is 0 Å². The second-order valence-electron chi connectivity index (χ2n) is 7.61. The Bertz CT molecular complexity index is 746. The van der Waals surface area contributed by atoms with Gasteiger partial charge in [0.05, 0.1) is 5.56 Å². The van der Waals surface area contributed by atoms with Gasteiger partial charge in [-0.3, -0.25) is 0 Å². The number of nitrogens with one attached hydrogen (secondary N) is 1. The molecular formula is C21H30N2O2S. The number of rotatable bonds is 4. The third kappa shape index (κ3) is 4.93. The van der Waals surface area contributed by atoms with Crippen molar-refractivity contribution in [2.45, 2.75) is 40.0 Å². The number of fused-ring (bicyclic) bond motifs is 1. The first-order valence-corrected chi connectivity index (χ1v) is 9.90. The van der Waals surface area contributed by atoms with E-state index in [1.165, 1.54) is 10.4 Å². The van der Waals surface area contributed by atoms with Gasteiger partial charge in [-0.15, -0.1) is 11.3 Å². The average molecular weight is 375 g/mol.